The third kappa shape index (κ3) is 5.82. The van der Waals surface area contributed by atoms with Gasteiger partial charge in [0.1, 0.15) is 5.82 Å². The van der Waals surface area contributed by atoms with E-state index in [9.17, 15) is 0 Å². The number of thiophene rings is 3. The van der Waals surface area contributed by atoms with Crippen molar-refractivity contribution in [2.75, 3.05) is 24.3 Å². The topological polar surface area (TPSA) is 53.1 Å². The van der Waals surface area contributed by atoms with Crippen molar-refractivity contribution in [2.45, 2.75) is 44.3 Å². The molecule has 4 heterocycles. The highest BCUT2D eigenvalue weighted by Crippen LogP contribution is 2.40. The Labute approximate surface area is 244 Å². The second kappa shape index (κ2) is 11.4. The molecule has 1 fully saturated rings. The Bertz CT molecular complexity index is 1530. The molecule has 1 saturated carbocycles. The number of para-hydroxylation sites is 1. The number of nitrogens with one attached hydrogen (secondary N) is 2. The first-order chi connectivity index (χ1) is 18.5. The number of aromatic nitrogens is 2. The van der Waals surface area contributed by atoms with E-state index in [1.165, 1.54) is 28.2 Å². The number of halogens is 1. The maximum absolute atomic E-state index is 4.83. The van der Waals surface area contributed by atoms with Gasteiger partial charge in [-0.25, -0.2) is 4.98 Å². The molecule has 38 heavy (non-hydrogen) atoms. The van der Waals surface area contributed by atoms with Gasteiger partial charge in [0, 0.05) is 62.5 Å². The van der Waals surface area contributed by atoms with E-state index in [1.54, 1.807) is 11.3 Å². The van der Waals surface area contributed by atoms with Crippen molar-refractivity contribution in [1.29, 1.82) is 0 Å². The Morgan fingerprint density at radius 3 is 2.18 bits per heavy atom. The summed E-state index contributed by atoms with van der Waals surface area (Å²) in [6.07, 6.45) is 4.57. The van der Waals surface area contributed by atoms with Crippen LogP contribution in [-0.4, -0.2) is 36.1 Å². The van der Waals surface area contributed by atoms with E-state index in [0.29, 0.717) is 12.1 Å². The van der Waals surface area contributed by atoms with Crippen molar-refractivity contribution < 1.29 is 0 Å². The van der Waals surface area contributed by atoms with Crippen LogP contribution < -0.4 is 15.5 Å². The van der Waals surface area contributed by atoms with E-state index in [1.807, 2.05) is 48.9 Å². The number of fused-ring (bicyclic) bond motifs is 1. The lowest BCUT2D eigenvalue weighted by atomic mass is 9.91. The van der Waals surface area contributed by atoms with Crippen LogP contribution in [0.3, 0.4) is 0 Å². The lowest BCUT2D eigenvalue weighted by Gasteiger charge is -2.30. The zero-order chi connectivity index (χ0) is 26.1. The van der Waals surface area contributed by atoms with E-state index < -0.39 is 0 Å². The fourth-order valence-corrected chi connectivity index (χ4v) is 8.52. The van der Waals surface area contributed by atoms with Crippen LogP contribution in [0.2, 0.25) is 0 Å². The summed E-state index contributed by atoms with van der Waals surface area (Å²) in [5, 5.41) is 8.52. The number of nitrogens with zero attached hydrogens (tertiary/aromatic N) is 3. The van der Waals surface area contributed by atoms with Crippen molar-refractivity contribution in [2.24, 2.45) is 0 Å². The zero-order valence-electron chi connectivity index (χ0n) is 21.4. The summed E-state index contributed by atoms with van der Waals surface area (Å²) in [6.45, 7) is 0.934. The summed E-state index contributed by atoms with van der Waals surface area (Å²) < 4.78 is 1.18. The molecule has 9 heteroatoms. The Kier molecular flexibility index (Phi) is 7.81. The summed E-state index contributed by atoms with van der Waals surface area (Å²) in [5.41, 5.74) is 0.984. The Morgan fingerprint density at radius 1 is 0.789 bits per heavy atom. The van der Waals surface area contributed by atoms with E-state index in [2.05, 4.69) is 80.0 Å². The van der Waals surface area contributed by atoms with Gasteiger partial charge < -0.3 is 15.5 Å². The van der Waals surface area contributed by atoms with Crippen LogP contribution in [0.25, 0.3) is 30.4 Å². The van der Waals surface area contributed by atoms with Crippen LogP contribution in [0.5, 0.6) is 0 Å². The van der Waals surface area contributed by atoms with E-state index in [4.69, 9.17) is 9.97 Å². The van der Waals surface area contributed by atoms with Crippen LogP contribution in [0.15, 0.2) is 64.5 Å². The SMILES string of the molecule is CN(C)c1nc(N[C@H]2CC[C@@H](NCc3ccc(-c4ccc(-c5ccc(Br)s5)s4)s3)CC2)nc2ccccc12. The maximum Gasteiger partial charge on any atom is 0.225 e. The highest BCUT2D eigenvalue weighted by molar-refractivity contribution is 9.11. The fraction of sp³-hybridized carbons (Fsp3) is 0.310. The Balaban J connectivity index is 1.02. The molecule has 1 aliphatic carbocycles. The number of rotatable bonds is 8. The van der Waals surface area contributed by atoms with Gasteiger partial charge >= 0.3 is 0 Å². The lowest BCUT2D eigenvalue weighted by molar-refractivity contribution is 0.353. The van der Waals surface area contributed by atoms with Gasteiger partial charge in [-0.1, -0.05) is 12.1 Å². The molecule has 196 valence electrons. The first kappa shape index (κ1) is 26.0. The minimum absolute atomic E-state index is 0.412. The summed E-state index contributed by atoms with van der Waals surface area (Å²) in [5.74, 6) is 1.69. The molecule has 4 aromatic heterocycles. The smallest absolute Gasteiger partial charge is 0.225 e. The van der Waals surface area contributed by atoms with Crippen molar-refractivity contribution >= 4 is 72.6 Å². The first-order valence-electron chi connectivity index (χ1n) is 12.9. The van der Waals surface area contributed by atoms with Gasteiger partial charge in [0.15, 0.2) is 0 Å². The van der Waals surface area contributed by atoms with Crippen LogP contribution in [-0.2, 0) is 6.54 Å². The number of anilines is 2. The lowest BCUT2D eigenvalue weighted by Crippen LogP contribution is -2.36. The Morgan fingerprint density at radius 2 is 1.45 bits per heavy atom. The van der Waals surface area contributed by atoms with Gasteiger partial charge in [0.05, 0.1) is 9.30 Å². The molecular formula is C29H30BrN5S3. The molecule has 1 aliphatic rings. The third-order valence-corrected chi connectivity index (χ3v) is 11.1. The normalized spacial score (nSPS) is 17.7. The monoisotopic (exact) mass is 623 g/mol. The average molecular weight is 625 g/mol. The van der Waals surface area contributed by atoms with Gasteiger partial charge in [0.2, 0.25) is 5.95 Å². The van der Waals surface area contributed by atoms with Crippen molar-refractivity contribution in [1.82, 2.24) is 15.3 Å². The molecule has 0 aliphatic heterocycles. The molecular weight excluding hydrogens is 594 g/mol. The molecule has 0 amide bonds. The second-order valence-corrected chi connectivity index (χ2v) is 14.6. The standard InChI is InChI=1S/C29H30BrN5S3/c1-35(2)28-21-5-3-4-6-22(21)33-29(34-28)32-19-9-7-18(8-10-19)31-17-20-11-12-23(36-20)24-13-14-25(37-24)26-15-16-27(30)38-26/h3-6,11-16,18-19,31H,7-10,17H2,1-2H3,(H,32,33,34)/t18-,19+. The quantitative estimate of drug-likeness (QED) is 0.181. The fourth-order valence-electron chi connectivity index (χ4n) is 4.99. The molecule has 5 nitrogen and oxygen atoms in total. The van der Waals surface area contributed by atoms with Crippen LogP contribution in [0.1, 0.15) is 30.6 Å². The second-order valence-electron chi connectivity index (χ2n) is 9.89. The highest BCUT2D eigenvalue weighted by atomic mass is 79.9. The molecule has 5 aromatic rings. The molecule has 0 spiro atoms. The van der Waals surface area contributed by atoms with Gasteiger partial charge in [0.25, 0.3) is 0 Å². The third-order valence-electron chi connectivity index (χ3n) is 6.96. The summed E-state index contributed by atoms with van der Waals surface area (Å²) in [6, 6.07) is 22.6. The molecule has 2 N–H and O–H groups in total. The molecule has 1 aromatic carbocycles. The molecule has 6 rings (SSSR count). The molecule has 0 saturated heterocycles. The van der Waals surface area contributed by atoms with Crippen molar-refractivity contribution in [3.63, 3.8) is 0 Å². The molecule has 0 unspecified atom stereocenters. The first-order valence-corrected chi connectivity index (χ1v) is 16.1. The number of hydrogen-bond acceptors (Lipinski definition) is 8. The predicted molar refractivity (Wildman–Crippen MR) is 169 cm³/mol. The van der Waals surface area contributed by atoms with Crippen LogP contribution in [0.4, 0.5) is 11.8 Å². The molecule has 0 radical (unpaired) electrons. The largest absolute Gasteiger partial charge is 0.362 e. The number of hydrogen-bond donors (Lipinski definition) is 2. The molecule has 0 atom stereocenters. The van der Waals surface area contributed by atoms with Crippen molar-refractivity contribution in [3.8, 4) is 19.5 Å². The van der Waals surface area contributed by atoms with Crippen LogP contribution in [0, 0.1) is 0 Å². The van der Waals surface area contributed by atoms with E-state index >= 15 is 0 Å². The van der Waals surface area contributed by atoms with E-state index in [-0.39, 0.29) is 0 Å². The summed E-state index contributed by atoms with van der Waals surface area (Å²) >= 11 is 9.14. The zero-order valence-corrected chi connectivity index (χ0v) is 25.4. The average Bonchev–Trinajstić information content (AvgIpc) is 3.68. The summed E-state index contributed by atoms with van der Waals surface area (Å²) in [7, 11) is 4.07. The van der Waals surface area contributed by atoms with E-state index in [0.717, 1.165) is 54.9 Å². The predicted octanol–water partition coefficient (Wildman–Crippen LogP) is 8.49. The van der Waals surface area contributed by atoms with Gasteiger partial charge in [-0.3, -0.25) is 0 Å². The molecule has 0 bridgehead atoms. The number of benzene rings is 1. The Hall–Kier alpha value is -2.30. The van der Waals surface area contributed by atoms with Gasteiger partial charge in [-0.2, -0.15) is 4.98 Å². The maximum atomic E-state index is 4.83. The minimum atomic E-state index is 0.412. The minimum Gasteiger partial charge on any atom is -0.362 e. The summed E-state index contributed by atoms with van der Waals surface area (Å²) in [4.78, 5) is 18.4. The van der Waals surface area contributed by atoms with Gasteiger partial charge in [-0.05, 0) is 90.1 Å². The van der Waals surface area contributed by atoms with Crippen molar-refractivity contribution in [3.05, 3.63) is 69.3 Å². The van der Waals surface area contributed by atoms with Gasteiger partial charge in [-0.15, -0.1) is 34.0 Å². The highest BCUT2D eigenvalue weighted by Gasteiger charge is 2.22. The van der Waals surface area contributed by atoms with Crippen LogP contribution >= 0.6 is 49.9 Å².